The Morgan fingerprint density at radius 3 is 2.00 bits per heavy atom. The third kappa shape index (κ3) is 10.7. The van der Waals surface area contributed by atoms with Gasteiger partial charge in [0.2, 0.25) is 6.19 Å². The van der Waals surface area contributed by atoms with Crippen LogP contribution in [-0.4, -0.2) is 46.2 Å². The molecule has 36 valence electrons. The quantitative estimate of drug-likeness (QED) is 0.312. The summed E-state index contributed by atoms with van der Waals surface area (Å²) in [6.07, 6.45) is 1.08. The molecule has 0 rings (SSSR count). The van der Waals surface area contributed by atoms with Crippen molar-refractivity contribution in [2.45, 2.75) is 0 Å². The topological polar surface area (TPSA) is 70.3 Å². The Hall–Kier alpha value is 0.370. The zero-order valence-corrected chi connectivity index (χ0v) is 3.44. The fourth-order valence-corrected chi connectivity index (χ4v) is 0.100. The van der Waals surface area contributed by atoms with Crippen LogP contribution in [0.4, 0.5) is 0 Å². The number of nitrogens with zero attached hydrogens (tertiary/aromatic N) is 2. The molecule has 6 heteroatoms. The summed E-state index contributed by atoms with van der Waals surface area (Å²) in [6, 6.07) is 0. The first-order valence-corrected chi connectivity index (χ1v) is 1.99. The summed E-state index contributed by atoms with van der Waals surface area (Å²) < 4.78 is 20.8. The number of rotatable bonds is 0. The molecule has 4 nitrogen and oxygen atoms in total. The van der Waals surface area contributed by atoms with E-state index in [1.807, 2.05) is 0 Å². The first-order chi connectivity index (χ1) is 2.77. The van der Waals surface area contributed by atoms with Crippen LogP contribution in [-0.2, 0) is 10.5 Å². The van der Waals surface area contributed by atoms with Gasteiger partial charge >= 0.3 is 48.2 Å². The van der Waals surface area contributed by atoms with Crippen LogP contribution in [0.5, 0.6) is 0 Å². The van der Waals surface area contributed by atoms with E-state index in [0.29, 0.717) is 0 Å². The van der Waals surface area contributed by atoms with E-state index in [2.05, 4.69) is 4.36 Å². The fourth-order valence-electron chi connectivity index (χ4n) is 0.0333. The van der Waals surface area contributed by atoms with Gasteiger partial charge in [0.1, 0.15) is 0 Å². The average Bonchev–Trinajstić information content (AvgIpc) is 1.35. The van der Waals surface area contributed by atoms with Gasteiger partial charge in [0.15, 0.2) is 0 Å². The predicted octanol–water partition coefficient (Wildman–Crippen LogP) is -1.39. The van der Waals surface area contributed by atoms with Gasteiger partial charge in [-0.05, 0) is 0 Å². The summed E-state index contributed by atoms with van der Waals surface area (Å²) in [5, 5.41) is 7.43. The van der Waals surface area contributed by atoms with Crippen LogP contribution in [0.1, 0.15) is 0 Å². The predicted molar refractivity (Wildman–Crippen MR) is 25.5 cm³/mol. The van der Waals surface area contributed by atoms with Gasteiger partial charge in [-0.25, -0.2) is 0 Å². The van der Waals surface area contributed by atoms with Crippen molar-refractivity contribution in [2.24, 2.45) is 4.36 Å². The van der Waals surface area contributed by atoms with E-state index in [1.54, 1.807) is 0 Å². The Bertz CT molecular complexity index is 178. The molecule has 7 heavy (non-hydrogen) atoms. The molecule has 0 aliphatic carbocycles. The Kier molecular flexibility index (Phi) is 9.44. The van der Waals surface area contributed by atoms with E-state index in [1.165, 1.54) is 0 Å². The minimum atomic E-state index is -2.55. The molecule has 0 atom stereocenters. The molecule has 0 amide bonds. The number of hydrogen-bond acceptors (Lipinski definition) is 4. The van der Waals surface area contributed by atoms with Gasteiger partial charge in [0.05, 0.1) is 0 Å². The first-order valence-electron chi connectivity index (χ1n) is 0.963. The molecule has 0 aromatic rings. The van der Waals surface area contributed by atoms with E-state index >= 15 is 0 Å². The molecule has 0 bridgehead atoms. The molecular weight excluding hydrogens is 144 g/mol. The zero-order chi connectivity index (χ0) is 4.99. The maximum absolute atomic E-state index is 9.21. The van der Waals surface area contributed by atoms with Crippen LogP contribution in [0.15, 0.2) is 4.36 Å². The monoisotopic (exact) mass is 146 g/mol. The van der Waals surface area contributed by atoms with E-state index in [4.69, 9.17) is 5.26 Å². The van der Waals surface area contributed by atoms with Gasteiger partial charge in [-0.1, -0.05) is 4.36 Å². The zero-order valence-electron chi connectivity index (χ0n) is 2.62. The van der Waals surface area contributed by atoms with Crippen LogP contribution in [0.2, 0.25) is 0 Å². The molecule has 0 aliphatic rings. The molecule has 0 radical (unpaired) electrons. The average molecular weight is 146 g/mol. The van der Waals surface area contributed by atoms with Gasteiger partial charge in [0.25, 0.3) is 0 Å². The summed E-state index contributed by atoms with van der Waals surface area (Å²) >= 11 is 0. The Morgan fingerprint density at radius 1 is 1.57 bits per heavy atom. The summed E-state index contributed by atoms with van der Waals surface area (Å²) in [6.45, 7) is 0. The maximum atomic E-state index is 9.21. The molecule has 0 fully saturated rings. The summed E-state index contributed by atoms with van der Waals surface area (Å²) in [5.41, 5.74) is 0. The van der Waals surface area contributed by atoms with Crippen LogP contribution >= 0.6 is 0 Å². The minimum absolute atomic E-state index is 0. The van der Waals surface area contributed by atoms with Crippen molar-refractivity contribution in [3.63, 3.8) is 0 Å². The van der Waals surface area contributed by atoms with E-state index < -0.39 is 10.5 Å². The second kappa shape index (κ2) is 6.37. The van der Waals surface area contributed by atoms with Crippen molar-refractivity contribution < 1.29 is 8.42 Å². The summed E-state index contributed by atoms with van der Waals surface area (Å²) in [5.74, 6) is 0. The number of hydrogen-bond donors (Lipinski definition) is 0. The van der Waals surface area contributed by atoms with Crippen molar-refractivity contribution in [3.8, 4) is 6.19 Å². The van der Waals surface area contributed by atoms with E-state index in [-0.39, 0.29) is 37.7 Å². The van der Waals surface area contributed by atoms with Gasteiger partial charge in [0, 0.05) is 0 Å². The van der Waals surface area contributed by atoms with E-state index in [9.17, 15) is 8.42 Å². The second-order valence-electron chi connectivity index (χ2n) is 0.408. The molecule has 0 N–H and O–H groups in total. The standard InChI is InChI=1S/CN2O2S.Ca.2H/c2-1-3-6(4)5;;;. The van der Waals surface area contributed by atoms with Gasteiger partial charge in [-0.3, -0.25) is 0 Å². The van der Waals surface area contributed by atoms with E-state index in [0.717, 1.165) is 6.19 Å². The van der Waals surface area contributed by atoms with Crippen LogP contribution in [0, 0.1) is 11.5 Å². The third-order valence-corrected chi connectivity index (χ3v) is 0.346. The van der Waals surface area contributed by atoms with Crippen molar-refractivity contribution in [1.29, 1.82) is 5.26 Å². The summed E-state index contributed by atoms with van der Waals surface area (Å²) in [4.78, 5) is 0. The Labute approximate surface area is 71.8 Å². The van der Waals surface area contributed by atoms with Gasteiger partial charge in [-0.15, -0.1) is 0 Å². The Morgan fingerprint density at radius 2 is 2.00 bits per heavy atom. The molecule has 0 saturated heterocycles. The van der Waals surface area contributed by atoms with Crippen LogP contribution in [0.3, 0.4) is 0 Å². The van der Waals surface area contributed by atoms with Crippen molar-refractivity contribution in [3.05, 3.63) is 0 Å². The summed E-state index contributed by atoms with van der Waals surface area (Å²) in [7, 11) is -2.55. The van der Waals surface area contributed by atoms with Crippen molar-refractivity contribution >= 4 is 48.2 Å². The van der Waals surface area contributed by atoms with Crippen molar-refractivity contribution in [1.82, 2.24) is 0 Å². The first kappa shape index (κ1) is 10.4. The molecule has 0 saturated carbocycles. The molecule has 0 spiro atoms. The molecule has 0 heterocycles. The van der Waals surface area contributed by atoms with Crippen LogP contribution in [0.25, 0.3) is 0 Å². The molecule has 0 unspecified atom stereocenters. The molecule has 0 aliphatic heterocycles. The Balaban J connectivity index is 0. The molecule has 0 aromatic carbocycles. The molecular formula is CH2CaN2O2S. The van der Waals surface area contributed by atoms with Crippen molar-refractivity contribution in [2.75, 3.05) is 0 Å². The molecule has 0 aromatic heterocycles. The normalized spacial score (nSPS) is 5.00. The second-order valence-corrected chi connectivity index (χ2v) is 1.03. The van der Waals surface area contributed by atoms with Gasteiger partial charge < -0.3 is 0 Å². The van der Waals surface area contributed by atoms with Crippen LogP contribution < -0.4 is 0 Å². The SMILES string of the molecule is N#CN=S(=O)=O.[CaH2]. The van der Waals surface area contributed by atoms with Gasteiger partial charge in [-0.2, -0.15) is 13.7 Å². The fraction of sp³-hybridized carbons (Fsp3) is 0. The third-order valence-electron chi connectivity index (χ3n) is 0.115. The number of nitriles is 1.